The first-order valence-corrected chi connectivity index (χ1v) is 3.79. The van der Waals surface area contributed by atoms with Gasteiger partial charge in [0.25, 0.3) is 0 Å². The van der Waals surface area contributed by atoms with Crippen molar-refractivity contribution in [1.29, 1.82) is 0 Å². The standard InChI is InChI=1S/C6H12NS2.2Li/c1-3-4-5-7(2)6(8)9;;/h2-5H2,1H3,(H,8,9);;/q;;+1/p-1. The quantitative estimate of drug-likeness (QED) is 0.287. The second-order valence-electron chi connectivity index (χ2n) is 1.88. The monoisotopic (exact) mass is 175 g/mol. The third kappa shape index (κ3) is 11.3. The molecule has 54 valence electrons. The number of unbranched alkanes of at least 4 members (excludes halogenated alkanes) is 1. The van der Waals surface area contributed by atoms with E-state index in [1.54, 1.807) is 4.90 Å². The molecular weight excluding hydrogens is 164 g/mol. The van der Waals surface area contributed by atoms with E-state index in [0.717, 1.165) is 19.4 Å². The Morgan fingerprint density at radius 1 is 1.64 bits per heavy atom. The number of thiocarbonyl (C=S) groups is 1. The number of hydrogen-bond donors (Lipinski definition) is 0. The minimum absolute atomic E-state index is 0. The number of hydrogen-bond acceptors (Lipinski definition) is 2. The molecule has 0 aromatic rings. The molecule has 0 atom stereocenters. The molecule has 0 aliphatic rings. The number of nitrogens with zero attached hydrogens (tertiary/aromatic N) is 1. The predicted molar refractivity (Wildman–Crippen MR) is 52.7 cm³/mol. The van der Waals surface area contributed by atoms with E-state index in [1.165, 1.54) is 0 Å². The Morgan fingerprint density at radius 2 is 2.09 bits per heavy atom. The smallest absolute Gasteiger partial charge is 0.411 e. The van der Waals surface area contributed by atoms with Crippen LogP contribution in [0.25, 0.3) is 0 Å². The van der Waals surface area contributed by atoms with E-state index in [1.807, 2.05) is 0 Å². The first kappa shape index (κ1) is 18.2. The first-order valence-electron chi connectivity index (χ1n) is 2.97. The van der Waals surface area contributed by atoms with Gasteiger partial charge in [-0.15, -0.1) is 0 Å². The molecule has 0 heterocycles. The zero-order valence-corrected chi connectivity index (χ0v) is 9.23. The van der Waals surface area contributed by atoms with Crippen LogP contribution in [-0.4, -0.2) is 34.6 Å². The predicted octanol–water partition coefficient (Wildman–Crippen LogP) is -1.66. The largest absolute Gasteiger partial charge is 1.00 e. The molecule has 0 N–H and O–H groups in total. The van der Waals surface area contributed by atoms with Crippen LogP contribution in [0.3, 0.4) is 0 Å². The van der Waals surface area contributed by atoms with Gasteiger partial charge in [0.2, 0.25) is 0 Å². The Balaban J connectivity index is -0.000000320. The molecule has 0 bridgehead atoms. The molecule has 0 spiro atoms. The van der Waals surface area contributed by atoms with Crippen molar-refractivity contribution >= 4 is 48.0 Å². The van der Waals surface area contributed by atoms with Gasteiger partial charge in [-0.25, -0.2) is 0 Å². The van der Waals surface area contributed by atoms with Crippen LogP contribution in [0.4, 0.5) is 0 Å². The van der Waals surface area contributed by atoms with Gasteiger partial charge >= 0.3 is 18.9 Å². The molecule has 0 saturated carbocycles. The molecule has 0 aromatic heterocycles. The van der Waals surface area contributed by atoms with Crippen molar-refractivity contribution in [1.82, 2.24) is 4.90 Å². The molecule has 0 rings (SSSR count). The fraction of sp³-hybridized carbons (Fsp3) is 0.667. The fourth-order valence-corrected chi connectivity index (χ4v) is 0.623. The SMILES string of the molecule is [CH2]N(CCCC)C(=S)[S-].[Li+].[Li]. The van der Waals surface area contributed by atoms with Crippen molar-refractivity contribution in [2.75, 3.05) is 6.54 Å². The van der Waals surface area contributed by atoms with Crippen LogP contribution in [0.1, 0.15) is 19.8 Å². The normalized spacial score (nSPS) is 7.45. The number of rotatable bonds is 3. The zero-order chi connectivity index (χ0) is 7.28. The summed E-state index contributed by atoms with van der Waals surface area (Å²) in [6.45, 7) is 3.01. The molecule has 1 nitrogen and oxygen atoms in total. The Hall–Kier alpha value is 1.30. The Bertz CT molecular complexity index is 101. The van der Waals surface area contributed by atoms with E-state index in [-0.39, 0.29) is 37.7 Å². The van der Waals surface area contributed by atoms with Crippen LogP contribution in [0.15, 0.2) is 0 Å². The summed E-state index contributed by atoms with van der Waals surface area (Å²) in [7, 11) is 3.66. The van der Waals surface area contributed by atoms with E-state index in [0.29, 0.717) is 4.32 Å². The van der Waals surface area contributed by atoms with Gasteiger partial charge in [0.1, 0.15) is 0 Å². The summed E-state index contributed by atoms with van der Waals surface area (Å²) in [5.41, 5.74) is 0. The molecule has 0 saturated heterocycles. The minimum atomic E-state index is 0. The van der Waals surface area contributed by atoms with Crippen LogP contribution in [0.2, 0.25) is 0 Å². The van der Waals surface area contributed by atoms with Crippen molar-refractivity contribution in [2.45, 2.75) is 19.8 Å². The maximum atomic E-state index is 4.71. The van der Waals surface area contributed by atoms with Crippen LogP contribution >= 0.6 is 12.2 Å². The van der Waals surface area contributed by atoms with Gasteiger partial charge in [-0.05, 0) is 6.42 Å². The second kappa shape index (κ2) is 11.3. The Morgan fingerprint density at radius 3 is 2.36 bits per heavy atom. The summed E-state index contributed by atoms with van der Waals surface area (Å²) in [4.78, 5) is 1.67. The molecule has 0 amide bonds. The average Bonchev–Trinajstić information content (AvgIpc) is 1.82. The third-order valence-electron chi connectivity index (χ3n) is 1.04. The van der Waals surface area contributed by atoms with Gasteiger partial charge in [0.15, 0.2) is 0 Å². The maximum absolute atomic E-state index is 4.71. The minimum Gasteiger partial charge on any atom is -0.411 e. The second-order valence-corrected chi connectivity index (χ2v) is 2.91. The summed E-state index contributed by atoms with van der Waals surface area (Å²) < 4.78 is 0.462. The summed E-state index contributed by atoms with van der Waals surface area (Å²) in [5.74, 6) is 0. The molecule has 0 aliphatic carbocycles. The van der Waals surface area contributed by atoms with Crippen molar-refractivity contribution in [2.24, 2.45) is 0 Å². The van der Waals surface area contributed by atoms with Crippen LogP contribution in [0.5, 0.6) is 0 Å². The van der Waals surface area contributed by atoms with E-state index >= 15 is 0 Å². The molecular formula is C6H11Li2NS2. The average molecular weight is 175 g/mol. The van der Waals surface area contributed by atoms with Gasteiger partial charge in [-0.1, -0.05) is 17.7 Å². The van der Waals surface area contributed by atoms with E-state index in [4.69, 9.17) is 24.8 Å². The van der Waals surface area contributed by atoms with Crippen LogP contribution in [-0.2, 0) is 12.6 Å². The van der Waals surface area contributed by atoms with Crippen molar-refractivity contribution < 1.29 is 18.9 Å². The molecule has 11 heavy (non-hydrogen) atoms. The first-order chi connectivity index (χ1) is 4.18. The molecule has 5 heteroatoms. The van der Waals surface area contributed by atoms with Crippen molar-refractivity contribution in [3.8, 4) is 0 Å². The van der Waals surface area contributed by atoms with Gasteiger partial charge < -0.3 is 29.7 Å². The van der Waals surface area contributed by atoms with Gasteiger partial charge in [-0.3, -0.25) is 0 Å². The van der Waals surface area contributed by atoms with Crippen LogP contribution in [0, 0.1) is 7.05 Å². The third-order valence-corrected chi connectivity index (χ3v) is 1.56. The van der Waals surface area contributed by atoms with Crippen molar-refractivity contribution in [3.63, 3.8) is 0 Å². The summed E-state index contributed by atoms with van der Waals surface area (Å²) >= 11 is 9.42. The zero-order valence-electron chi connectivity index (χ0n) is 7.59. The van der Waals surface area contributed by atoms with Crippen LogP contribution < -0.4 is 18.9 Å². The maximum Gasteiger partial charge on any atom is 1.00 e. The fourth-order valence-electron chi connectivity index (χ4n) is 0.440. The summed E-state index contributed by atoms with van der Waals surface area (Å²) in [5, 5.41) is 0. The van der Waals surface area contributed by atoms with E-state index < -0.39 is 0 Å². The molecule has 0 aromatic carbocycles. The topological polar surface area (TPSA) is 3.24 Å². The summed E-state index contributed by atoms with van der Waals surface area (Å²) in [6, 6.07) is 0. The Labute approximate surface area is 104 Å². The van der Waals surface area contributed by atoms with Gasteiger partial charge in [0, 0.05) is 32.5 Å². The van der Waals surface area contributed by atoms with Gasteiger partial charge in [0.05, 0.1) is 0 Å². The Kier molecular flexibility index (Phi) is 18.7. The molecule has 0 unspecified atom stereocenters. The molecule has 0 fully saturated rings. The molecule has 2 radical (unpaired) electrons. The van der Waals surface area contributed by atoms with Gasteiger partial charge in [-0.2, -0.15) is 0 Å². The van der Waals surface area contributed by atoms with Crippen molar-refractivity contribution in [3.05, 3.63) is 7.05 Å². The molecule has 0 aliphatic heterocycles. The van der Waals surface area contributed by atoms with E-state index in [2.05, 4.69) is 14.0 Å². The van der Waals surface area contributed by atoms with E-state index in [9.17, 15) is 0 Å². The summed E-state index contributed by atoms with van der Waals surface area (Å²) in [6.07, 6.45) is 2.27.